The monoisotopic (exact) mass is 514 g/mol. The number of alkyl halides is 3. The fraction of sp³-hybridized carbons (Fsp3) is 0.391. The molecule has 1 heterocycles. The van der Waals surface area contributed by atoms with Crippen LogP contribution in [0.15, 0.2) is 53.4 Å². The Labute approximate surface area is 200 Å². The molecule has 2 atom stereocenters. The summed E-state index contributed by atoms with van der Waals surface area (Å²) in [5, 5.41) is 12.0. The second-order valence-electron chi connectivity index (χ2n) is 8.10. The van der Waals surface area contributed by atoms with E-state index in [1.807, 2.05) is 0 Å². The number of ether oxygens (including phenoxy) is 1. The van der Waals surface area contributed by atoms with Gasteiger partial charge in [0.2, 0.25) is 15.9 Å². The van der Waals surface area contributed by atoms with Crippen molar-refractivity contribution in [2.24, 2.45) is 0 Å². The summed E-state index contributed by atoms with van der Waals surface area (Å²) in [6.07, 6.45) is -3.77. The number of carboxylic acid groups (broad SMARTS) is 1. The van der Waals surface area contributed by atoms with Crippen LogP contribution in [-0.2, 0) is 32.2 Å². The Bertz CT molecular complexity index is 1170. The minimum Gasteiger partial charge on any atom is -0.497 e. The molecule has 1 saturated heterocycles. The normalized spacial score (nSPS) is 18.0. The van der Waals surface area contributed by atoms with Crippen LogP contribution < -0.4 is 10.1 Å². The van der Waals surface area contributed by atoms with E-state index in [0.717, 1.165) is 22.5 Å². The summed E-state index contributed by atoms with van der Waals surface area (Å²) in [5.74, 6) is -1.55. The van der Waals surface area contributed by atoms with E-state index in [4.69, 9.17) is 4.74 Å². The third-order valence-corrected chi connectivity index (χ3v) is 7.64. The Morgan fingerprint density at radius 2 is 1.86 bits per heavy atom. The Kier molecular flexibility index (Phi) is 8.06. The number of nitrogens with one attached hydrogen (secondary N) is 1. The van der Waals surface area contributed by atoms with E-state index >= 15 is 0 Å². The molecule has 0 aromatic heterocycles. The zero-order valence-corrected chi connectivity index (χ0v) is 19.6. The predicted molar refractivity (Wildman–Crippen MR) is 119 cm³/mol. The number of carboxylic acids is 1. The standard InChI is InChI=1S/C23H25F3N2O6S/c1-34-17-10-8-15(9-11-17)13-19(22(30)31)27-21(29)20-7-2-3-12-28(20)35(32,33)18-6-4-5-16(14-18)23(24,25)26/h4-6,8-11,14,19-20H,2-3,7,12-13H2,1H3,(H,27,29)(H,30,31)/t19-,20-/m0/s1. The van der Waals surface area contributed by atoms with Gasteiger partial charge < -0.3 is 15.2 Å². The van der Waals surface area contributed by atoms with E-state index in [1.54, 1.807) is 24.3 Å². The first kappa shape index (κ1) is 26.5. The number of carbonyl (C=O) groups excluding carboxylic acids is 1. The van der Waals surface area contributed by atoms with Gasteiger partial charge in [-0.1, -0.05) is 24.6 Å². The molecular weight excluding hydrogens is 489 g/mol. The first-order valence-electron chi connectivity index (χ1n) is 10.8. The van der Waals surface area contributed by atoms with Crippen LogP contribution in [0.3, 0.4) is 0 Å². The molecule has 1 amide bonds. The lowest BCUT2D eigenvalue weighted by molar-refractivity contribution is -0.142. The van der Waals surface area contributed by atoms with Crippen molar-refractivity contribution >= 4 is 21.9 Å². The molecule has 1 fully saturated rings. The molecule has 0 bridgehead atoms. The largest absolute Gasteiger partial charge is 0.497 e. The lowest BCUT2D eigenvalue weighted by Gasteiger charge is -2.34. The maximum atomic E-state index is 13.2. The highest BCUT2D eigenvalue weighted by atomic mass is 32.2. The zero-order valence-electron chi connectivity index (χ0n) is 18.8. The minimum absolute atomic E-state index is 0.0574. The Balaban J connectivity index is 1.82. The van der Waals surface area contributed by atoms with Gasteiger partial charge in [-0.3, -0.25) is 4.79 Å². The number of rotatable bonds is 8. The molecule has 1 aliphatic rings. The van der Waals surface area contributed by atoms with E-state index in [1.165, 1.54) is 7.11 Å². The number of carbonyl (C=O) groups is 2. The summed E-state index contributed by atoms with van der Waals surface area (Å²) < 4.78 is 71.6. The van der Waals surface area contributed by atoms with Gasteiger partial charge in [0.15, 0.2) is 0 Å². The molecule has 2 aromatic carbocycles. The van der Waals surface area contributed by atoms with Crippen LogP contribution in [0.25, 0.3) is 0 Å². The highest BCUT2D eigenvalue weighted by Crippen LogP contribution is 2.32. The number of sulfonamides is 1. The highest BCUT2D eigenvalue weighted by molar-refractivity contribution is 7.89. The molecule has 2 aromatic rings. The van der Waals surface area contributed by atoms with Crippen LogP contribution >= 0.6 is 0 Å². The number of hydrogen-bond donors (Lipinski definition) is 2. The summed E-state index contributed by atoms with van der Waals surface area (Å²) in [7, 11) is -2.97. The van der Waals surface area contributed by atoms with Crippen molar-refractivity contribution in [3.63, 3.8) is 0 Å². The smallest absolute Gasteiger partial charge is 0.416 e. The molecule has 12 heteroatoms. The summed E-state index contributed by atoms with van der Waals surface area (Å²) in [6.45, 7) is -0.0765. The van der Waals surface area contributed by atoms with Crippen molar-refractivity contribution in [2.45, 2.75) is 48.8 Å². The minimum atomic E-state index is -4.74. The number of halogens is 3. The summed E-state index contributed by atoms with van der Waals surface area (Å²) in [5.41, 5.74) is -0.516. The van der Waals surface area contributed by atoms with Gasteiger partial charge in [-0.05, 0) is 48.7 Å². The number of benzene rings is 2. The van der Waals surface area contributed by atoms with Crippen molar-refractivity contribution in [1.82, 2.24) is 9.62 Å². The Morgan fingerprint density at radius 1 is 1.17 bits per heavy atom. The van der Waals surface area contributed by atoms with Gasteiger partial charge >= 0.3 is 12.1 Å². The number of nitrogens with zero attached hydrogens (tertiary/aromatic N) is 1. The van der Waals surface area contributed by atoms with Crippen molar-refractivity contribution in [2.75, 3.05) is 13.7 Å². The number of amides is 1. The third kappa shape index (κ3) is 6.31. The lowest BCUT2D eigenvalue weighted by atomic mass is 10.0. The fourth-order valence-corrected chi connectivity index (χ4v) is 5.59. The molecule has 2 N–H and O–H groups in total. The quantitative estimate of drug-likeness (QED) is 0.560. The fourth-order valence-electron chi connectivity index (χ4n) is 3.89. The van der Waals surface area contributed by atoms with Gasteiger partial charge in [-0.2, -0.15) is 17.5 Å². The number of piperidine rings is 1. The van der Waals surface area contributed by atoms with Crippen molar-refractivity contribution in [1.29, 1.82) is 0 Å². The van der Waals surface area contributed by atoms with Gasteiger partial charge in [0.1, 0.15) is 17.8 Å². The summed E-state index contributed by atoms with van der Waals surface area (Å²) in [6, 6.07) is 7.30. The molecule has 0 radical (unpaired) electrons. The van der Waals surface area contributed by atoms with Crippen LogP contribution in [-0.4, -0.2) is 55.4 Å². The first-order chi connectivity index (χ1) is 16.4. The van der Waals surface area contributed by atoms with Crippen LogP contribution in [0.1, 0.15) is 30.4 Å². The maximum absolute atomic E-state index is 13.2. The molecule has 8 nitrogen and oxygen atoms in total. The second kappa shape index (κ2) is 10.6. The van der Waals surface area contributed by atoms with E-state index < -0.39 is 50.6 Å². The van der Waals surface area contributed by atoms with Gasteiger partial charge in [0.05, 0.1) is 17.6 Å². The SMILES string of the molecule is COc1ccc(C[C@H](NC(=O)[C@@H]2CCCCN2S(=O)(=O)c2cccc(C(F)(F)F)c2)C(=O)O)cc1. The summed E-state index contributed by atoms with van der Waals surface area (Å²) in [4.78, 5) is 24.3. The van der Waals surface area contributed by atoms with Crippen molar-refractivity contribution in [3.8, 4) is 5.75 Å². The van der Waals surface area contributed by atoms with Crippen LogP contribution in [0, 0.1) is 0 Å². The van der Waals surface area contributed by atoms with Crippen molar-refractivity contribution in [3.05, 3.63) is 59.7 Å². The van der Waals surface area contributed by atoms with Gasteiger partial charge in [0.25, 0.3) is 0 Å². The molecule has 0 aliphatic carbocycles. The van der Waals surface area contributed by atoms with E-state index in [2.05, 4.69) is 5.32 Å². The van der Waals surface area contributed by atoms with Gasteiger partial charge in [-0.25, -0.2) is 13.2 Å². The Hall–Kier alpha value is -3.12. The highest BCUT2D eigenvalue weighted by Gasteiger charge is 2.40. The molecule has 0 spiro atoms. The van der Waals surface area contributed by atoms with E-state index in [9.17, 15) is 36.3 Å². The average molecular weight is 515 g/mol. The topological polar surface area (TPSA) is 113 Å². The average Bonchev–Trinajstić information content (AvgIpc) is 2.83. The summed E-state index contributed by atoms with van der Waals surface area (Å²) >= 11 is 0. The van der Waals surface area contributed by atoms with E-state index in [0.29, 0.717) is 30.2 Å². The molecule has 0 unspecified atom stereocenters. The molecule has 35 heavy (non-hydrogen) atoms. The van der Waals surface area contributed by atoms with Crippen LogP contribution in [0.4, 0.5) is 13.2 Å². The van der Waals surface area contributed by atoms with Crippen LogP contribution in [0.2, 0.25) is 0 Å². The van der Waals surface area contributed by atoms with Gasteiger partial charge in [0, 0.05) is 13.0 Å². The number of methoxy groups -OCH3 is 1. The van der Waals surface area contributed by atoms with Gasteiger partial charge in [-0.15, -0.1) is 0 Å². The molecule has 190 valence electrons. The van der Waals surface area contributed by atoms with Crippen LogP contribution in [0.5, 0.6) is 5.75 Å². The first-order valence-corrected chi connectivity index (χ1v) is 12.2. The van der Waals surface area contributed by atoms with E-state index in [-0.39, 0.29) is 19.4 Å². The molecule has 0 saturated carbocycles. The molecule has 1 aliphatic heterocycles. The third-order valence-electron chi connectivity index (χ3n) is 5.74. The molecular formula is C23H25F3N2O6S. The number of aliphatic carboxylic acids is 1. The number of hydrogen-bond acceptors (Lipinski definition) is 5. The Morgan fingerprint density at radius 3 is 2.46 bits per heavy atom. The predicted octanol–water partition coefficient (Wildman–Crippen LogP) is 3.07. The second-order valence-corrected chi connectivity index (χ2v) is 10.00. The lowest BCUT2D eigenvalue weighted by Crippen LogP contribution is -2.55. The maximum Gasteiger partial charge on any atom is 0.416 e. The molecule has 3 rings (SSSR count). The van der Waals surface area contributed by atoms with Crippen molar-refractivity contribution < 1.29 is 41.0 Å². The zero-order chi connectivity index (χ0) is 25.8.